The first-order chi connectivity index (χ1) is 17.0. The molecule has 0 unspecified atom stereocenters. The van der Waals surface area contributed by atoms with Gasteiger partial charge in [-0.2, -0.15) is 0 Å². The molecule has 9 heteroatoms. The minimum atomic E-state index is -0.492. The number of nitrogens with zero attached hydrogens (tertiary/aromatic N) is 2. The minimum Gasteiger partial charge on any atom is -0.436 e. The van der Waals surface area contributed by atoms with Gasteiger partial charge in [-0.3, -0.25) is 4.79 Å². The number of nitrogens with one attached hydrogen (secondary N) is 2. The number of ether oxygens (including phenoxy) is 2. The zero-order valence-corrected chi connectivity index (χ0v) is 19.1. The lowest BCUT2D eigenvalue weighted by Gasteiger charge is -2.29. The summed E-state index contributed by atoms with van der Waals surface area (Å²) in [6.07, 6.45) is 6.24. The number of anilines is 1. The average Bonchev–Trinajstić information content (AvgIpc) is 3.31. The Morgan fingerprint density at radius 1 is 1.26 bits per heavy atom. The molecule has 0 aliphatic carbocycles. The van der Waals surface area contributed by atoms with Crippen molar-refractivity contribution in [3.05, 3.63) is 77.5 Å². The van der Waals surface area contributed by atoms with Crippen LogP contribution in [0.5, 0.6) is 11.6 Å². The number of hydrogen-bond acceptors (Lipinski definition) is 7. The summed E-state index contributed by atoms with van der Waals surface area (Å²) in [6, 6.07) is 9.57. The number of carbonyl (C=O) groups is 1. The second kappa shape index (κ2) is 9.81. The zero-order valence-electron chi connectivity index (χ0n) is 19.1. The number of aromatic amines is 1. The molecule has 4 aromatic rings. The highest BCUT2D eigenvalue weighted by Gasteiger charge is 2.24. The standard InChI is InChI=1S/C26H25FN4O4/c1-15-10-23(35-22-5-3-2-4-20(22)27)29-11-18(15)25(33)19-12-30-26-24(19)21(8-9-28-26)31-16-6-7-17(13-32)34-14-16/h2-5,8-12,16-17,32H,6-7,13-14H2,1H3,(H2,28,30,31)/t16-,17+/m1/s1. The predicted molar refractivity (Wildman–Crippen MR) is 128 cm³/mol. The van der Waals surface area contributed by atoms with Crippen LogP contribution in [-0.2, 0) is 4.74 Å². The lowest BCUT2D eigenvalue weighted by Crippen LogP contribution is -2.36. The number of hydrogen-bond donors (Lipinski definition) is 3. The second-order valence-corrected chi connectivity index (χ2v) is 8.54. The van der Waals surface area contributed by atoms with Crippen molar-refractivity contribution in [2.75, 3.05) is 18.5 Å². The van der Waals surface area contributed by atoms with Gasteiger partial charge in [-0.25, -0.2) is 14.4 Å². The molecule has 8 nitrogen and oxygen atoms in total. The molecule has 0 radical (unpaired) electrons. The first-order valence-corrected chi connectivity index (χ1v) is 11.4. The largest absolute Gasteiger partial charge is 0.436 e. The number of benzene rings is 1. The summed E-state index contributed by atoms with van der Waals surface area (Å²) in [6.45, 7) is 2.27. The number of fused-ring (bicyclic) bond motifs is 1. The maximum atomic E-state index is 13.9. The summed E-state index contributed by atoms with van der Waals surface area (Å²) in [5.74, 6) is -0.442. The van der Waals surface area contributed by atoms with Gasteiger partial charge in [-0.05, 0) is 43.5 Å². The van der Waals surface area contributed by atoms with E-state index in [1.807, 2.05) is 6.07 Å². The number of aliphatic hydroxyl groups excluding tert-OH is 1. The summed E-state index contributed by atoms with van der Waals surface area (Å²) >= 11 is 0. The number of halogens is 1. The first kappa shape index (κ1) is 22.9. The number of H-pyrrole nitrogens is 1. The van der Waals surface area contributed by atoms with E-state index in [0.29, 0.717) is 34.3 Å². The molecule has 4 heterocycles. The molecular weight excluding hydrogens is 451 g/mol. The molecule has 1 aliphatic heterocycles. The van der Waals surface area contributed by atoms with E-state index in [0.717, 1.165) is 18.5 Å². The number of para-hydroxylation sites is 1. The summed E-state index contributed by atoms with van der Waals surface area (Å²) in [4.78, 5) is 25.2. The van der Waals surface area contributed by atoms with Crippen molar-refractivity contribution in [2.45, 2.75) is 31.9 Å². The van der Waals surface area contributed by atoms with E-state index < -0.39 is 5.82 Å². The molecule has 1 saturated heterocycles. The Bertz CT molecular complexity index is 1360. The summed E-state index contributed by atoms with van der Waals surface area (Å²) in [7, 11) is 0. The molecule has 3 aromatic heterocycles. The number of ketones is 1. The number of aliphatic hydroxyl groups is 1. The van der Waals surface area contributed by atoms with Crippen molar-refractivity contribution in [3.8, 4) is 11.6 Å². The van der Waals surface area contributed by atoms with Crippen molar-refractivity contribution >= 4 is 22.5 Å². The zero-order chi connectivity index (χ0) is 24.4. The number of aryl methyl sites for hydroxylation is 1. The normalized spacial score (nSPS) is 17.9. The van der Waals surface area contributed by atoms with Gasteiger partial charge in [-0.15, -0.1) is 0 Å². The van der Waals surface area contributed by atoms with Gasteiger partial charge in [0.05, 0.1) is 30.3 Å². The van der Waals surface area contributed by atoms with Gasteiger partial charge in [0.2, 0.25) is 5.88 Å². The van der Waals surface area contributed by atoms with E-state index in [1.54, 1.807) is 37.5 Å². The lowest BCUT2D eigenvalue weighted by molar-refractivity contribution is -0.0223. The Labute approximate surface area is 201 Å². The maximum absolute atomic E-state index is 13.9. The highest BCUT2D eigenvalue weighted by molar-refractivity contribution is 6.18. The fourth-order valence-electron chi connectivity index (χ4n) is 4.25. The maximum Gasteiger partial charge on any atom is 0.219 e. The van der Waals surface area contributed by atoms with Gasteiger partial charge >= 0.3 is 0 Å². The summed E-state index contributed by atoms with van der Waals surface area (Å²) in [5.41, 5.74) is 2.90. The number of aromatic nitrogens is 3. The molecule has 2 atom stereocenters. The van der Waals surface area contributed by atoms with E-state index >= 15 is 0 Å². The molecule has 0 bridgehead atoms. The second-order valence-electron chi connectivity index (χ2n) is 8.54. The Kier molecular flexibility index (Phi) is 6.43. The van der Waals surface area contributed by atoms with Crippen molar-refractivity contribution in [1.82, 2.24) is 15.0 Å². The van der Waals surface area contributed by atoms with Gasteiger partial charge in [0.1, 0.15) is 5.65 Å². The van der Waals surface area contributed by atoms with Gasteiger partial charge in [0, 0.05) is 41.9 Å². The minimum absolute atomic E-state index is 0.0141. The van der Waals surface area contributed by atoms with Gasteiger partial charge < -0.3 is 24.9 Å². The van der Waals surface area contributed by atoms with Crippen LogP contribution >= 0.6 is 0 Å². The first-order valence-electron chi connectivity index (χ1n) is 11.4. The third kappa shape index (κ3) is 4.73. The molecule has 35 heavy (non-hydrogen) atoms. The molecule has 180 valence electrons. The molecule has 5 rings (SSSR count). The van der Waals surface area contributed by atoms with Crippen LogP contribution in [-0.4, -0.2) is 51.2 Å². The fraction of sp³-hybridized carbons (Fsp3) is 0.269. The topological polar surface area (TPSA) is 109 Å². The number of rotatable bonds is 7. The SMILES string of the molecule is Cc1cc(Oc2ccccc2F)ncc1C(=O)c1c[nH]c2nccc(N[C@@H]3CC[C@@H](CO)OC3)c12. The van der Waals surface area contributed by atoms with Crippen molar-refractivity contribution in [1.29, 1.82) is 0 Å². The van der Waals surface area contributed by atoms with Crippen LogP contribution in [0.15, 0.2) is 55.0 Å². The third-order valence-electron chi connectivity index (χ3n) is 6.13. The van der Waals surface area contributed by atoms with Gasteiger partial charge in [0.15, 0.2) is 17.3 Å². The molecule has 0 spiro atoms. The van der Waals surface area contributed by atoms with Crippen LogP contribution < -0.4 is 10.1 Å². The van der Waals surface area contributed by atoms with E-state index in [4.69, 9.17) is 9.47 Å². The fourth-order valence-corrected chi connectivity index (χ4v) is 4.25. The Morgan fingerprint density at radius 2 is 2.11 bits per heavy atom. The van der Waals surface area contributed by atoms with E-state index in [9.17, 15) is 14.3 Å². The smallest absolute Gasteiger partial charge is 0.219 e. The van der Waals surface area contributed by atoms with Crippen LogP contribution in [0.2, 0.25) is 0 Å². The van der Waals surface area contributed by atoms with Crippen LogP contribution in [0.1, 0.15) is 34.3 Å². The van der Waals surface area contributed by atoms with Crippen LogP contribution in [0.4, 0.5) is 10.1 Å². The lowest BCUT2D eigenvalue weighted by atomic mass is 10.00. The van der Waals surface area contributed by atoms with Crippen LogP contribution in [0.25, 0.3) is 11.0 Å². The summed E-state index contributed by atoms with van der Waals surface area (Å²) in [5, 5.41) is 13.4. The Morgan fingerprint density at radius 3 is 2.86 bits per heavy atom. The molecule has 1 fully saturated rings. The average molecular weight is 477 g/mol. The van der Waals surface area contributed by atoms with Crippen molar-refractivity contribution in [3.63, 3.8) is 0 Å². The Balaban J connectivity index is 1.40. The van der Waals surface area contributed by atoms with Crippen molar-refractivity contribution < 1.29 is 23.8 Å². The Hall–Kier alpha value is -3.82. The van der Waals surface area contributed by atoms with Crippen molar-refractivity contribution in [2.24, 2.45) is 0 Å². The quantitative estimate of drug-likeness (QED) is 0.340. The number of carbonyl (C=O) groups excluding carboxylic acids is 1. The van der Waals surface area contributed by atoms with E-state index in [-0.39, 0.29) is 36.2 Å². The van der Waals surface area contributed by atoms with Crippen LogP contribution in [0, 0.1) is 12.7 Å². The van der Waals surface area contributed by atoms with Gasteiger partial charge in [-0.1, -0.05) is 12.1 Å². The monoisotopic (exact) mass is 476 g/mol. The highest BCUT2D eigenvalue weighted by Crippen LogP contribution is 2.30. The van der Waals surface area contributed by atoms with Gasteiger partial charge in [0.25, 0.3) is 0 Å². The third-order valence-corrected chi connectivity index (χ3v) is 6.13. The molecule has 0 amide bonds. The van der Waals surface area contributed by atoms with E-state index in [2.05, 4.69) is 20.3 Å². The van der Waals surface area contributed by atoms with Crippen LogP contribution in [0.3, 0.4) is 0 Å². The molecule has 0 saturated carbocycles. The predicted octanol–water partition coefficient (Wildman–Crippen LogP) is 4.38. The molecule has 1 aromatic carbocycles. The molecule has 3 N–H and O–H groups in total. The van der Waals surface area contributed by atoms with E-state index in [1.165, 1.54) is 18.3 Å². The molecule has 1 aliphatic rings. The molecular formula is C26H25FN4O4. The summed E-state index contributed by atoms with van der Waals surface area (Å²) < 4.78 is 25.2. The number of pyridine rings is 2. The highest BCUT2D eigenvalue weighted by atomic mass is 19.1.